The van der Waals surface area contributed by atoms with Gasteiger partial charge in [0.2, 0.25) is 0 Å². The van der Waals surface area contributed by atoms with Gasteiger partial charge in [0, 0.05) is 6.54 Å². The van der Waals surface area contributed by atoms with Crippen molar-refractivity contribution in [2.24, 2.45) is 0 Å². The zero-order valence-electron chi connectivity index (χ0n) is 14.6. The monoisotopic (exact) mass is 291 g/mol. The molecule has 1 aromatic carbocycles. The molecule has 0 aliphatic rings. The van der Waals surface area contributed by atoms with Crippen molar-refractivity contribution in [3.8, 4) is 5.75 Å². The minimum absolute atomic E-state index is 0.198. The van der Waals surface area contributed by atoms with Gasteiger partial charge in [0.05, 0.1) is 0 Å². The smallest absolute Gasteiger partial charge is 0.122 e. The highest BCUT2D eigenvalue weighted by Gasteiger charge is 2.14. The maximum absolute atomic E-state index is 5.87. The van der Waals surface area contributed by atoms with Crippen molar-refractivity contribution < 1.29 is 4.74 Å². The van der Waals surface area contributed by atoms with Crippen molar-refractivity contribution in [2.45, 2.75) is 65.7 Å². The first kappa shape index (κ1) is 18.0. The zero-order valence-corrected chi connectivity index (χ0v) is 14.6. The highest BCUT2D eigenvalue weighted by molar-refractivity contribution is 5.38. The van der Waals surface area contributed by atoms with Gasteiger partial charge in [-0.25, -0.2) is 0 Å². The number of hydrogen-bond donors (Lipinski definition) is 1. The molecule has 0 atom stereocenters. The van der Waals surface area contributed by atoms with Gasteiger partial charge in [-0.1, -0.05) is 59.1 Å². The zero-order chi connectivity index (χ0) is 15.7. The van der Waals surface area contributed by atoms with Gasteiger partial charge < -0.3 is 10.1 Å². The summed E-state index contributed by atoms with van der Waals surface area (Å²) in [6, 6.07) is 6.53. The Kier molecular flexibility index (Phi) is 7.81. The van der Waals surface area contributed by atoms with Crippen molar-refractivity contribution >= 4 is 0 Å². The Morgan fingerprint density at radius 2 is 1.81 bits per heavy atom. The van der Waals surface area contributed by atoms with Crippen molar-refractivity contribution in [3.05, 3.63) is 29.3 Å². The van der Waals surface area contributed by atoms with Crippen LogP contribution in [0.15, 0.2) is 18.2 Å². The first-order valence-corrected chi connectivity index (χ1v) is 8.40. The molecule has 0 saturated heterocycles. The van der Waals surface area contributed by atoms with Gasteiger partial charge in [-0.3, -0.25) is 0 Å². The van der Waals surface area contributed by atoms with E-state index in [1.165, 1.54) is 36.8 Å². The van der Waals surface area contributed by atoms with Crippen LogP contribution in [0.2, 0.25) is 0 Å². The topological polar surface area (TPSA) is 21.3 Å². The second-order valence-corrected chi connectivity index (χ2v) is 6.89. The van der Waals surface area contributed by atoms with Gasteiger partial charge in [-0.2, -0.15) is 0 Å². The number of unbranched alkanes of at least 4 members (excludes halogenated alkanes) is 3. The molecule has 0 spiro atoms. The molecule has 0 radical (unpaired) electrons. The van der Waals surface area contributed by atoms with E-state index in [-0.39, 0.29) is 5.41 Å². The van der Waals surface area contributed by atoms with Crippen LogP contribution in [0.3, 0.4) is 0 Å². The molecule has 0 heterocycles. The second kappa shape index (κ2) is 9.09. The first-order valence-electron chi connectivity index (χ1n) is 8.40. The summed E-state index contributed by atoms with van der Waals surface area (Å²) in [7, 11) is 0. The van der Waals surface area contributed by atoms with Crippen LogP contribution in [-0.4, -0.2) is 19.7 Å². The molecule has 1 aromatic rings. The highest BCUT2D eigenvalue weighted by atomic mass is 16.5. The molecule has 0 bridgehead atoms. The molecule has 2 heteroatoms. The van der Waals surface area contributed by atoms with E-state index in [1.54, 1.807) is 0 Å². The summed E-state index contributed by atoms with van der Waals surface area (Å²) in [5.41, 5.74) is 2.79. The van der Waals surface area contributed by atoms with E-state index in [9.17, 15) is 0 Å². The van der Waals surface area contributed by atoms with E-state index in [1.807, 2.05) is 0 Å². The molecule has 1 rings (SSSR count). The summed E-state index contributed by atoms with van der Waals surface area (Å²) >= 11 is 0. The molecule has 0 aromatic heterocycles. The van der Waals surface area contributed by atoms with E-state index < -0.39 is 0 Å². The van der Waals surface area contributed by atoms with E-state index in [0.717, 1.165) is 25.4 Å². The third-order valence-electron chi connectivity index (χ3n) is 3.78. The van der Waals surface area contributed by atoms with Crippen molar-refractivity contribution in [1.82, 2.24) is 5.32 Å². The third-order valence-corrected chi connectivity index (χ3v) is 3.78. The van der Waals surface area contributed by atoms with Gasteiger partial charge in [0.25, 0.3) is 0 Å². The Balaban J connectivity index is 2.27. The maximum atomic E-state index is 5.87. The lowest BCUT2D eigenvalue weighted by Gasteiger charge is -2.20. The number of benzene rings is 1. The minimum Gasteiger partial charge on any atom is -0.492 e. The Morgan fingerprint density at radius 3 is 2.43 bits per heavy atom. The fourth-order valence-corrected chi connectivity index (χ4v) is 2.31. The number of nitrogens with one attached hydrogen (secondary N) is 1. The van der Waals surface area contributed by atoms with Gasteiger partial charge >= 0.3 is 0 Å². The van der Waals surface area contributed by atoms with Gasteiger partial charge in [-0.05, 0) is 42.5 Å². The Bertz CT molecular complexity index is 407. The average Bonchev–Trinajstić information content (AvgIpc) is 2.42. The third kappa shape index (κ3) is 6.99. The molecule has 0 amide bonds. The van der Waals surface area contributed by atoms with E-state index in [4.69, 9.17) is 4.74 Å². The molecule has 0 aliphatic carbocycles. The van der Waals surface area contributed by atoms with Crippen LogP contribution in [0, 0.1) is 6.92 Å². The Hall–Kier alpha value is -1.02. The van der Waals surface area contributed by atoms with Crippen LogP contribution < -0.4 is 10.1 Å². The van der Waals surface area contributed by atoms with Crippen LogP contribution in [0.5, 0.6) is 5.75 Å². The van der Waals surface area contributed by atoms with Crippen LogP contribution in [0.4, 0.5) is 0 Å². The number of ether oxygens (including phenoxy) is 1. The van der Waals surface area contributed by atoms with Gasteiger partial charge in [0.1, 0.15) is 12.4 Å². The summed E-state index contributed by atoms with van der Waals surface area (Å²) in [6.45, 7) is 13.9. The molecule has 0 aliphatic heterocycles. The predicted molar refractivity (Wildman–Crippen MR) is 92.4 cm³/mol. The van der Waals surface area contributed by atoms with Crippen LogP contribution in [-0.2, 0) is 5.41 Å². The number of hydrogen-bond acceptors (Lipinski definition) is 2. The normalized spacial score (nSPS) is 11.7. The standard InChI is InChI=1S/C19H33NO/c1-6-7-8-9-12-20-13-14-21-18-11-10-17(15-16(18)2)19(3,4)5/h10-11,15,20H,6-9,12-14H2,1-5H3. The SMILES string of the molecule is CCCCCCNCCOc1ccc(C(C)(C)C)cc1C. The summed E-state index contributed by atoms with van der Waals surface area (Å²) in [5, 5.41) is 3.44. The molecule has 0 unspecified atom stereocenters. The Morgan fingerprint density at radius 1 is 1.05 bits per heavy atom. The highest BCUT2D eigenvalue weighted by Crippen LogP contribution is 2.27. The van der Waals surface area contributed by atoms with Crippen LogP contribution in [0.1, 0.15) is 64.5 Å². The summed E-state index contributed by atoms with van der Waals surface area (Å²) in [5.74, 6) is 1.01. The van der Waals surface area contributed by atoms with E-state index in [0.29, 0.717) is 0 Å². The van der Waals surface area contributed by atoms with Crippen molar-refractivity contribution in [1.29, 1.82) is 0 Å². The van der Waals surface area contributed by atoms with Crippen LogP contribution >= 0.6 is 0 Å². The maximum Gasteiger partial charge on any atom is 0.122 e. The summed E-state index contributed by atoms with van der Waals surface area (Å²) in [4.78, 5) is 0. The fraction of sp³-hybridized carbons (Fsp3) is 0.684. The van der Waals surface area contributed by atoms with Gasteiger partial charge in [0.15, 0.2) is 0 Å². The summed E-state index contributed by atoms with van der Waals surface area (Å²) < 4.78 is 5.87. The molecular weight excluding hydrogens is 258 g/mol. The van der Waals surface area contributed by atoms with E-state index >= 15 is 0 Å². The number of rotatable bonds is 9. The van der Waals surface area contributed by atoms with Crippen LogP contribution in [0.25, 0.3) is 0 Å². The lowest BCUT2D eigenvalue weighted by molar-refractivity contribution is 0.311. The predicted octanol–water partition coefficient (Wildman–Crippen LogP) is 4.84. The minimum atomic E-state index is 0.198. The second-order valence-electron chi connectivity index (χ2n) is 6.89. The molecule has 0 saturated carbocycles. The van der Waals surface area contributed by atoms with E-state index in [2.05, 4.69) is 58.1 Å². The molecule has 21 heavy (non-hydrogen) atoms. The quantitative estimate of drug-likeness (QED) is 0.657. The molecular formula is C19H33NO. The molecule has 0 fully saturated rings. The summed E-state index contributed by atoms with van der Waals surface area (Å²) in [6.07, 6.45) is 5.25. The lowest BCUT2D eigenvalue weighted by Crippen LogP contribution is -2.22. The lowest BCUT2D eigenvalue weighted by atomic mass is 9.86. The molecule has 2 nitrogen and oxygen atoms in total. The van der Waals surface area contributed by atoms with Gasteiger partial charge in [-0.15, -0.1) is 0 Å². The Labute approximate surface area is 131 Å². The fourth-order valence-electron chi connectivity index (χ4n) is 2.31. The first-order chi connectivity index (χ1) is 9.95. The number of aryl methyl sites for hydroxylation is 1. The van der Waals surface area contributed by atoms with Crippen molar-refractivity contribution in [3.63, 3.8) is 0 Å². The molecule has 1 N–H and O–H groups in total. The molecule has 120 valence electrons. The van der Waals surface area contributed by atoms with Crippen molar-refractivity contribution in [2.75, 3.05) is 19.7 Å². The average molecular weight is 291 g/mol. The largest absolute Gasteiger partial charge is 0.492 e.